The molecule has 0 saturated carbocycles. The summed E-state index contributed by atoms with van der Waals surface area (Å²) in [5, 5.41) is 5.87. The van der Waals surface area contributed by atoms with Crippen LogP contribution in [-0.4, -0.2) is 21.4 Å². The number of hydrogen-bond acceptors (Lipinski definition) is 3. The van der Waals surface area contributed by atoms with Crippen LogP contribution in [0.25, 0.3) is 11.0 Å². The van der Waals surface area contributed by atoms with E-state index in [1.165, 1.54) is 0 Å². The second-order valence-electron chi connectivity index (χ2n) is 7.52. The lowest BCUT2D eigenvalue weighted by Crippen LogP contribution is -2.27. The maximum atomic E-state index is 12.7. The zero-order chi connectivity index (χ0) is 21.8. The topological polar surface area (TPSA) is 76.0 Å². The highest BCUT2D eigenvalue weighted by Crippen LogP contribution is 2.17. The van der Waals surface area contributed by atoms with Crippen molar-refractivity contribution in [2.75, 3.05) is 5.32 Å². The first-order chi connectivity index (χ1) is 15.0. The number of para-hydroxylation sites is 2. The average Bonchev–Trinajstić information content (AvgIpc) is 3.09. The molecule has 1 heterocycles. The number of benzene rings is 3. The zero-order valence-electron chi connectivity index (χ0n) is 17.6. The molecule has 6 nitrogen and oxygen atoms in total. The van der Waals surface area contributed by atoms with Gasteiger partial charge in [0.05, 0.1) is 17.6 Å². The number of aryl methyl sites for hydroxylation is 2. The van der Waals surface area contributed by atoms with Gasteiger partial charge in [-0.15, -0.1) is 0 Å². The molecule has 0 radical (unpaired) electrons. The molecule has 0 unspecified atom stereocenters. The minimum Gasteiger partial charge on any atom is -0.345 e. The summed E-state index contributed by atoms with van der Waals surface area (Å²) in [6.07, 6.45) is 0. The van der Waals surface area contributed by atoms with Crippen molar-refractivity contribution in [3.8, 4) is 0 Å². The molecule has 0 aliphatic rings. The number of aromatic nitrogens is 2. The van der Waals surface area contributed by atoms with Crippen molar-refractivity contribution in [3.63, 3.8) is 0 Å². The molecule has 2 N–H and O–H groups in total. The monoisotopic (exact) mass is 412 g/mol. The molecule has 6 heteroatoms. The van der Waals surface area contributed by atoms with E-state index in [1.54, 1.807) is 6.07 Å². The smallest absolute Gasteiger partial charge is 0.251 e. The van der Waals surface area contributed by atoms with Crippen LogP contribution >= 0.6 is 0 Å². The van der Waals surface area contributed by atoms with Gasteiger partial charge in [-0.3, -0.25) is 9.59 Å². The molecule has 0 aliphatic carbocycles. The third-order valence-corrected chi connectivity index (χ3v) is 5.13. The lowest BCUT2D eigenvalue weighted by atomic mass is 10.1. The van der Waals surface area contributed by atoms with Crippen LogP contribution in [0.1, 0.15) is 27.3 Å². The molecule has 0 fully saturated rings. The number of nitrogens with zero attached hydrogens (tertiary/aromatic N) is 2. The molecular weight excluding hydrogens is 388 g/mol. The summed E-state index contributed by atoms with van der Waals surface area (Å²) in [6.45, 7) is 4.21. The molecule has 0 spiro atoms. The van der Waals surface area contributed by atoms with Crippen molar-refractivity contribution >= 4 is 28.5 Å². The standard InChI is InChI=1S/C25H24N4O2/c1-17-8-7-10-19(14-17)27-24(30)16-29-22-13-6-5-12-21(22)28-23(29)15-26-25(31)20-11-4-3-9-18(20)2/h3-14H,15-16H2,1-2H3,(H,26,31)(H,27,30). The summed E-state index contributed by atoms with van der Waals surface area (Å²) < 4.78 is 1.85. The lowest BCUT2D eigenvalue weighted by molar-refractivity contribution is -0.116. The first-order valence-electron chi connectivity index (χ1n) is 10.2. The van der Waals surface area contributed by atoms with Gasteiger partial charge in [0.1, 0.15) is 12.4 Å². The number of carbonyl (C=O) groups excluding carboxylic acids is 2. The van der Waals surface area contributed by atoms with Crippen molar-refractivity contribution in [1.29, 1.82) is 0 Å². The van der Waals surface area contributed by atoms with Gasteiger partial charge in [-0.2, -0.15) is 0 Å². The number of fused-ring (bicyclic) bond motifs is 1. The van der Waals surface area contributed by atoms with Crippen LogP contribution in [0.2, 0.25) is 0 Å². The SMILES string of the molecule is Cc1cccc(NC(=O)Cn2c(CNC(=O)c3ccccc3C)nc3ccccc32)c1. The number of nitrogens with one attached hydrogen (secondary N) is 2. The Labute approximate surface area is 180 Å². The van der Waals surface area contributed by atoms with Crippen molar-refractivity contribution in [3.05, 3.63) is 95.3 Å². The molecule has 2 amide bonds. The number of amides is 2. The van der Waals surface area contributed by atoms with Gasteiger partial charge in [-0.1, -0.05) is 42.5 Å². The summed E-state index contributed by atoms with van der Waals surface area (Å²) >= 11 is 0. The first-order valence-corrected chi connectivity index (χ1v) is 10.2. The average molecular weight is 412 g/mol. The van der Waals surface area contributed by atoms with Crippen molar-refractivity contribution in [1.82, 2.24) is 14.9 Å². The van der Waals surface area contributed by atoms with E-state index < -0.39 is 0 Å². The second-order valence-corrected chi connectivity index (χ2v) is 7.52. The molecule has 0 aliphatic heterocycles. The quantitative estimate of drug-likeness (QED) is 0.498. The third-order valence-electron chi connectivity index (χ3n) is 5.13. The Hall–Kier alpha value is -3.93. The Morgan fingerprint density at radius 3 is 2.52 bits per heavy atom. The highest BCUT2D eigenvalue weighted by atomic mass is 16.2. The number of rotatable bonds is 6. The fourth-order valence-corrected chi connectivity index (χ4v) is 3.59. The summed E-state index contributed by atoms with van der Waals surface area (Å²) in [5.41, 5.74) is 5.00. The van der Waals surface area contributed by atoms with Crippen molar-refractivity contribution in [2.24, 2.45) is 0 Å². The summed E-state index contributed by atoms with van der Waals surface area (Å²) in [7, 11) is 0. The molecule has 156 valence electrons. The van der Waals surface area contributed by atoms with E-state index in [2.05, 4.69) is 15.6 Å². The van der Waals surface area contributed by atoms with Gasteiger partial charge in [0.25, 0.3) is 5.91 Å². The van der Waals surface area contributed by atoms with E-state index in [1.807, 2.05) is 85.1 Å². The minimum absolute atomic E-state index is 0.101. The maximum Gasteiger partial charge on any atom is 0.251 e. The van der Waals surface area contributed by atoms with E-state index in [-0.39, 0.29) is 24.9 Å². The van der Waals surface area contributed by atoms with E-state index in [0.717, 1.165) is 27.8 Å². The highest BCUT2D eigenvalue weighted by Gasteiger charge is 2.15. The molecule has 31 heavy (non-hydrogen) atoms. The van der Waals surface area contributed by atoms with Crippen molar-refractivity contribution in [2.45, 2.75) is 26.9 Å². The fourth-order valence-electron chi connectivity index (χ4n) is 3.59. The summed E-state index contributed by atoms with van der Waals surface area (Å²) in [5.74, 6) is 0.309. The number of hydrogen-bond donors (Lipinski definition) is 2. The van der Waals surface area contributed by atoms with E-state index >= 15 is 0 Å². The number of anilines is 1. The summed E-state index contributed by atoms with van der Waals surface area (Å²) in [4.78, 5) is 30.0. The molecule has 4 rings (SSSR count). The molecule has 0 atom stereocenters. The molecule has 3 aromatic carbocycles. The minimum atomic E-state index is -0.166. The van der Waals surface area contributed by atoms with Gasteiger partial charge in [-0.05, 0) is 55.3 Å². The largest absolute Gasteiger partial charge is 0.345 e. The summed E-state index contributed by atoms with van der Waals surface area (Å²) in [6, 6.07) is 22.8. The van der Waals surface area contributed by atoms with Crippen LogP contribution in [0, 0.1) is 13.8 Å². The highest BCUT2D eigenvalue weighted by molar-refractivity contribution is 5.95. The number of imidazole rings is 1. The zero-order valence-corrected chi connectivity index (χ0v) is 17.6. The van der Waals surface area contributed by atoms with Crippen LogP contribution in [0.4, 0.5) is 5.69 Å². The first kappa shape index (κ1) is 20.3. The van der Waals surface area contributed by atoms with E-state index in [9.17, 15) is 9.59 Å². The van der Waals surface area contributed by atoms with E-state index in [4.69, 9.17) is 0 Å². The number of carbonyl (C=O) groups is 2. The predicted molar refractivity (Wildman–Crippen MR) is 122 cm³/mol. The molecule has 0 bridgehead atoms. The fraction of sp³-hybridized carbons (Fsp3) is 0.160. The van der Waals surface area contributed by atoms with Gasteiger partial charge >= 0.3 is 0 Å². The molecule has 4 aromatic rings. The van der Waals surface area contributed by atoms with Crippen LogP contribution in [0.5, 0.6) is 0 Å². The van der Waals surface area contributed by atoms with Crippen molar-refractivity contribution < 1.29 is 9.59 Å². The normalized spacial score (nSPS) is 10.8. The Bertz CT molecular complexity index is 1260. The predicted octanol–water partition coefficient (Wildman–Crippen LogP) is 4.22. The van der Waals surface area contributed by atoms with Gasteiger partial charge in [-0.25, -0.2) is 4.98 Å². The van der Waals surface area contributed by atoms with Gasteiger partial charge in [0.15, 0.2) is 0 Å². The Morgan fingerprint density at radius 2 is 1.71 bits per heavy atom. The lowest BCUT2D eigenvalue weighted by Gasteiger charge is -2.12. The Morgan fingerprint density at radius 1 is 0.935 bits per heavy atom. The Balaban J connectivity index is 1.55. The Kier molecular flexibility index (Phi) is 5.80. The van der Waals surface area contributed by atoms with E-state index in [0.29, 0.717) is 11.4 Å². The van der Waals surface area contributed by atoms with Gasteiger partial charge < -0.3 is 15.2 Å². The van der Waals surface area contributed by atoms with Gasteiger partial charge in [0.2, 0.25) is 5.91 Å². The van der Waals surface area contributed by atoms with Crippen LogP contribution in [-0.2, 0) is 17.9 Å². The van der Waals surface area contributed by atoms with Crippen LogP contribution in [0.3, 0.4) is 0 Å². The third kappa shape index (κ3) is 4.64. The maximum absolute atomic E-state index is 12.7. The molecule has 0 saturated heterocycles. The molecular formula is C25H24N4O2. The van der Waals surface area contributed by atoms with Crippen LogP contribution in [0.15, 0.2) is 72.8 Å². The second kappa shape index (κ2) is 8.83. The molecule has 1 aromatic heterocycles. The van der Waals surface area contributed by atoms with Crippen LogP contribution < -0.4 is 10.6 Å². The van der Waals surface area contributed by atoms with Gasteiger partial charge in [0, 0.05) is 11.3 Å².